The van der Waals surface area contributed by atoms with Crippen molar-refractivity contribution in [3.8, 4) is 5.75 Å². The summed E-state index contributed by atoms with van der Waals surface area (Å²) in [6.45, 7) is 4.93. The number of alkyl halides is 1. The highest BCUT2D eigenvalue weighted by Crippen LogP contribution is 2.19. The van der Waals surface area contributed by atoms with Crippen LogP contribution >= 0.6 is 15.9 Å². The molecule has 0 aliphatic heterocycles. The molecule has 0 saturated heterocycles. The molecule has 0 heterocycles. The number of benzene rings is 1. The van der Waals surface area contributed by atoms with E-state index in [0.717, 1.165) is 12.8 Å². The highest BCUT2D eigenvalue weighted by molar-refractivity contribution is 9.09. The number of hydrogen-bond acceptors (Lipinski definition) is 2. The normalized spacial score (nSPS) is 12.4. The third-order valence-electron chi connectivity index (χ3n) is 3.15. The molecule has 1 unspecified atom stereocenters. The van der Waals surface area contributed by atoms with Crippen LogP contribution < -0.4 is 5.32 Å². The van der Waals surface area contributed by atoms with Crippen LogP contribution in [0.3, 0.4) is 0 Å². The van der Waals surface area contributed by atoms with Gasteiger partial charge in [0.25, 0.3) is 5.91 Å². The van der Waals surface area contributed by atoms with Gasteiger partial charge in [-0.2, -0.15) is 0 Å². The fraction of sp³-hybridized carbons (Fsp3) is 0.500. The predicted octanol–water partition coefficient (Wildman–Crippen LogP) is 3.32. The van der Waals surface area contributed by atoms with E-state index in [1.807, 2.05) is 0 Å². The van der Waals surface area contributed by atoms with Crippen molar-refractivity contribution in [3.63, 3.8) is 0 Å². The number of nitrogens with one attached hydrogen (secondary N) is 1. The van der Waals surface area contributed by atoms with Gasteiger partial charge in [0.15, 0.2) is 0 Å². The number of carbonyl (C=O) groups is 1. The van der Waals surface area contributed by atoms with E-state index in [2.05, 4.69) is 35.1 Å². The Morgan fingerprint density at radius 2 is 1.83 bits per heavy atom. The Bertz CT molecular complexity index is 374. The Morgan fingerprint density at radius 1 is 1.28 bits per heavy atom. The SMILES string of the molecule is CCC(CC)C(Br)CNC(=O)c1ccc(O)cc1. The van der Waals surface area contributed by atoms with Crippen LogP contribution in [0.1, 0.15) is 37.0 Å². The molecule has 0 fully saturated rings. The van der Waals surface area contributed by atoms with Gasteiger partial charge < -0.3 is 10.4 Å². The summed E-state index contributed by atoms with van der Waals surface area (Å²) in [6.07, 6.45) is 2.20. The average molecular weight is 314 g/mol. The van der Waals surface area contributed by atoms with Crippen LogP contribution in [-0.2, 0) is 0 Å². The fourth-order valence-electron chi connectivity index (χ4n) is 1.87. The minimum Gasteiger partial charge on any atom is -0.508 e. The van der Waals surface area contributed by atoms with E-state index in [-0.39, 0.29) is 11.7 Å². The van der Waals surface area contributed by atoms with Gasteiger partial charge in [0, 0.05) is 16.9 Å². The lowest BCUT2D eigenvalue weighted by molar-refractivity contribution is 0.0952. The summed E-state index contributed by atoms with van der Waals surface area (Å²) in [4.78, 5) is 12.1. The third-order valence-corrected chi connectivity index (χ3v) is 4.22. The maximum Gasteiger partial charge on any atom is 0.251 e. The van der Waals surface area contributed by atoms with E-state index >= 15 is 0 Å². The maximum atomic E-state index is 11.8. The maximum absolute atomic E-state index is 11.8. The van der Waals surface area contributed by atoms with Crippen LogP contribution in [0.4, 0.5) is 0 Å². The van der Waals surface area contributed by atoms with Crippen molar-refractivity contribution in [3.05, 3.63) is 29.8 Å². The van der Waals surface area contributed by atoms with Gasteiger partial charge in [-0.05, 0) is 30.2 Å². The molecule has 1 amide bonds. The van der Waals surface area contributed by atoms with Crippen molar-refractivity contribution < 1.29 is 9.90 Å². The molecule has 1 aromatic carbocycles. The molecule has 1 atom stereocenters. The van der Waals surface area contributed by atoms with Gasteiger partial charge in [-0.15, -0.1) is 0 Å². The zero-order valence-corrected chi connectivity index (χ0v) is 12.4. The van der Waals surface area contributed by atoms with Gasteiger partial charge in [0.2, 0.25) is 0 Å². The Balaban J connectivity index is 2.48. The van der Waals surface area contributed by atoms with Gasteiger partial charge in [-0.1, -0.05) is 42.6 Å². The zero-order chi connectivity index (χ0) is 13.5. The highest BCUT2D eigenvalue weighted by atomic mass is 79.9. The summed E-state index contributed by atoms with van der Waals surface area (Å²) >= 11 is 3.62. The van der Waals surface area contributed by atoms with Crippen molar-refractivity contribution >= 4 is 21.8 Å². The monoisotopic (exact) mass is 313 g/mol. The summed E-state index contributed by atoms with van der Waals surface area (Å²) in [7, 11) is 0. The Kier molecular flexibility index (Phi) is 6.19. The molecule has 0 bridgehead atoms. The highest BCUT2D eigenvalue weighted by Gasteiger charge is 2.16. The molecule has 0 saturated carbocycles. The molecule has 0 aliphatic carbocycles. The second kappa shape index (κ2) is 7.41. The van der Waals surface area contributed by atoms with Crippen molar-refractivity contribution in [2.75, 3.05) is 6.54 Å². The van der Waals surface area contributed by atoms with Gasteiger partial charge in [-0.3, -0.25) is 4.79 Å². The number of halogens is 1. The van der Waals surface area contributed by atoms with Crippen LogP contribution in [0.25, 0.3) is 0 Å². The summed E-state index contributed by atoms with van der Waals surface area (Å²) in [5, 5.41) is 12.1. The summed E-state index contributed by atoms with van der Waals surface area (Å²) < 4.78 is 0. The third kappa shape index (κ3) is 4.33. The number of rotatable bonds is 6. The molecule has 18 heavy (non-hydrogen) atoms. The Labute approximate surface area is 117 Å². The topological polar surface area (TPSA) is 49.3 Å². The van der Waals surface area contributed by atoms with E-state index in [4.69, 9.17) is 5.11 Å². The van der Waals surface area contributed by atoms with E-state index in [1.54, 1.807) is 12.1 Å². The first kappa shape index (κ1) is 15.0. The second-order valence-electron chi connectivity index (χ2n) is 4.35. The lowest BCUT2D eigenvalue weighted by atomic mass is 9.99. The summed E-state index contributed by atoms with van der Waals surface area (Å²) in [6, 6.07) is 6.26. The van der Waals surface area contributed by atoms with E-state index in [1.165, 1.54) is 12.1 Å². The lowest BCUT2D eigenvalue weighted by Crippen LogP contribution is -2.32. The number of carbonyl (C=O) groups excluding carboxylic acids is 1. The molecule has 0 aromatic heterocycles. The van der Waals surface area contributed by atoms with E-state index in [0.29, 0.717) is 22.9 Å². The average Bonchev–Trinajstić information content (AvgIpc) is 2.38. The van der Waals surface area contributed by atoms with Crippen molar-refractivity contribution in [2.24, 2.45) is 5.92 Å². The molecule has 0 aliphatic rings. The molecule has 2 N–H and O–H groups in total. The van der Waals surface area contributed by atoms with E-state index in [9.17, 15) is 4.79 Å². The minimum atomic E-state index is -0.106. The van der Waals surface area contributed by atoms with Crippen LogP contribution in [0.5, 0.6) is 5.75 Å². The standard InChI is InChI=1S/C14H20BrNO2/c1-3-10(4-2)13(15)9-16-14(18)11-5-7-12(17)8-6-11/h5-8,10,13,17H,3-4,9H2,1-2H3,(H,16,18). The quantitative estimate of drug-likeness (QED) is 0.791. The minimum absolute atomic E-state index is 0.106. The summed E-state index contributed by atoms with van der Waals surface area (Å²) in [5.41, 5.74) is 0.567. The number of phenols is 1. The van der Waals surface area contributed by atoms with Crippen molar-refractivity contribution in [1.29, 1.82) is 0 Å². The molecule has 0 radical (unpaired) electrons. The summed E-state index contributed by atoms with van der Waals surface area (Å²) in [5.74, 6) is 0.637. The van der Waals surface area contributed by atoms with Gasteiger partial charge in [-0.25, -0.2) is 0 Å². The number of amides is 1. The first-order valence-electron chi connectivity index (χ1n) is 6.29. The van der Waals surface area contributed by atoms with Crippen LogP contribution in [-0.4, -0.2) is 22.4 Å². The molecule has 4 heteroatoms. The largest absolute Gasteiger partial charge is 0.508 e. The van der Waals surface area contributed by atoms with Crippen molar-refractivity contribution in [1.82, 2.24) is 5.32 Å². The first-order valence-corrected chi connectivity index (χ1v) is 7.21. The predicted molar refractivity (Wildman–Crippen MR) is 77.2 cm³/mol. The van der Waals surface area contributed by atoms with E-state index < -0.39 is 0 Å². The van der Waals surface area contributed by atoms with Gasteiger partial charge >= 0.3 is 0 Å². The molecule has 1 aromatic rings. The van der Waals surface area contributed by atoms with Crippen molar-refractivity contribution in [2.45, 2.75) is 31.5 Å². The lowest BCUT2D eigenvalue weighted by Gasteiger charge is -2.19. The molecular weight excluding hydrogens is 294 g/mol. The second-order valence-corrected chi connectivity index (χ2v) is 5.53. The number of hydrogen-bond donors (Lipinski definition) is 2. The Morgan fingerprint density at radius 3 is 2.33 bits per heavy atom. The van der Waals surface area contributed by atoms with Crippen LogP contribution in [0.2, 0.25) is 0 Å². The van der Waals surface area contributed by atoms with Gasteiger partial charge in [0.1, 0.15) is 5.75 Å². The number of aromatic hydroxyl groups is 1. The van der Waals surface area contributed by atoms with Gasteiger partial charge in [0.05, 0.1) is 0 Å². The molecule has 0 spiro atoms. The first-order chi connectivity index (χ1) is 8.58. The number of phenolic OH excluding ortho intramolecular Hbond substituents is 1. The molecule has 3 nitrogen and oxygen atoms in total. The van der Waals surface area contributed by atoms with Crippen LogP contribution in [0, 0.1) is 5.92 Å². The van der Waals surface area contributed by atoms with Crippen LogP contribution in [0.15, 0.2) is 24.3 Å². The fourth-order valence-corrected chi connectivity index (χ4v) is 2.78. The molecule has 100 valence electrons. The smallest absolute Gasteiger partial charge is 0.251 e. The zero-order valence-electron chi connectivity index (χ0n) is 10.8. The molecule has 1 rings (SSSR count). The Hall–Kier alpha value is -1.03. The molecular formula is C14H20BrNO2.